The molecule has 4 aliphatic rings. The van der Waals surface area contributed by atoms with Crippen molar-refractivity contribution in [1.29, 1.82) is 0 Å². The van der Waals surface area contributed by atoms with E-state index >= 15 is 0 Å². The van der Waals surface area contributed by atoms with Crippen molar-refractivity contribution in [3.63, 3.8) is 0 Å². The normalized spacial score (nSPS) is 24.1. The molecule has 0 spiro atoms. The fourth-order valence-electron chi connectivity index (χ4n) is 6.40. The molecule has 2 aromatic carbocycles. The van der Waals surface area contributed by atoms with Crippen LogP contribution in [0.1, 0.15) is 55.8 Å². The quantitative estimate of drug-likeness (QED) is 0.0922. The Balaban J connectivity index is 1.11. The summed E-state index contributed by atoms with van der Waals surface area (Å²) in [6, 6.07) is 14.9. The molecule has 4 bridgehead atoms. The molecule has 4 fully saturated rings. The van der Waals surface area contributed by atoms with Crippen LogP contribution in [0.25, 0.3) is 0 Å². The van der Waals surface area contributed by atoms with Crippen molar-refractivity contribution >= 4 is 44.7 Å². The molecule has 4 saturated carbocycles. The Morgan fingerprint density at radius 1 is 0.829 bits per heavy atom. The summed E-state index contributed by atoms with van der Waals surface area (Å²) in [5.41, 5.74) is 0.0215. The van der Waals surface area contributed by atoms with Gasteiger partial charge in [0.25, 0.3) is 0 Å². The van der Waals surface area contributed by atoms with Crippen molar-refractivity contribution < 1.29 is 39.5 Å². The molecule has 0 radical (unpaired) electrons. The summed E-state index contributed by atoms with van der Waals surface area (Å²) < 4.78 is 27.7. The molecule has 0 heterocycles. The van der Waals surface area contributed by atoms with Crippen molar-refractivity contribution in [2.45, 2.75) is 45.4 Å². The summed E-state index contributed by atoms with van der Waals surface area (Å²) in [5.74, 6) is 0.567. The van der Waals surface area contributed by atoms with Gasteiger partial charge in [0.05, 0.1) is 0 Å². The van der Waals surface area contributed by atoms with Crippen LogP contribution in [-0.2, 0) is 25.2 Å². The van der Waals surface area contributed by atoms with Crippen molar-refractivity contribution in [3.8, 4) is 5.75 Å². The summed E-state index contributed by atoms with van der Waals surface area (Å²) >= 11 is -3.17. The number of hydrogen-bond acceptors (Lipinski definition) is 9. The second kappa shape index (κ2) is 12.6. The second-order valence-electron chi connectivity index (χ2n) is 11.1. The van der Waals surface area contributed by atoms with Gasteiger partial charge < -0.3 is 0 Å². The summed E-state index contributed by atoms with van der Waals surface area (Å²) in [6.45, 7) is 4.61. The molecule has 10 heteroatoms. The number of carbonyl (C=O) groups is 4. The van der Waals surface area contributed by atoms with Crippen LogP contribution in [0.4, 0.5) is 4.79 Å². The number of ether oxygens (including phenoxy) is 3. The average molecular weight is 676 g/mol. The minimum absolute atomic E-state index is 0.201. The SMILES string of the molecule is C=C(C)C(=O)Oc1ccc(C(=O)OCCOC(=O)OI(OC(=O)C23CC4CC(CC(C4)C2)C3)c2ccccc2)cc1. The van der Waals surface area contributed by atoms with E-state index in [9.17, 15) is 19.2 Å². The third kappa shape index (κ3) is 7.09. The van der Waals surface area contributed by atoms with E-state index in [1.165, 1.54) is 50.5 Å². The molecule has 0 atom stereocenters. The molecule has 0 aliphatic heterocycles. The van der Waals surface area contributed by atoms with E-state index in [1.54, 1.807) is 12.1 Å². The molecule has 9 nitrogen and oxygen atoms in total. The van der Waals surface area contributed by atoms with Gasteiger partial charge in [0.1, 0.15) is 0 Å². The number of halogens is 1. The number of benzene rings is 2. The number of carbonyl (C=O) groups excluding carboxylic acids is 4. The van der Waals surface area contributed by atoms with Gasteiger partial charge in [-0.25, -0.2) is 4.79 Å². The maximum atomic E-state index is 13.5. The predicted octanol–water partition coefficient (Wildman–Crippen LogP) is 6.44. The molecule has 0 amide bonds. The molecular weight excluding hydrogens is 643 g/mol. The third-order valence-electron chi connectivity index (χ3n) is 7.84. The summed E-state index contributed by atoms with van der Waals surface area (Å²) in [4.78, 5) is 50.0. The van der Waals surface area contributed by atoms with Crippen LogP contribution in [0.3, 0.4) is 0 Å². The Morgan fingerprint density at radius 2 is 1.41 bits per heavy atom. The predicted molar refractivity (Wildman–Crippen MR) is 155 cm³/mol. The Labute approximate surface area is 247 Å². The van der Waals surface area contributed by atoms with Crippen LogP contribution in [0.2, 0.25) is 0 Å². The molecule has 0 unspecified atom stereocenters. The standard InChI is InChI=1S/C31H33IO9/c1-20(2)27(33)39-26-10-8-24(9-11-26)28(34)37-12-13-38-30(36)41-32(25-6-4-3-5-7-25)40-29(35)31-17-21-14-22(18-31)16-23(15-21)19-31/h3-11,21-23H,1,12-19H2,2H3. The zero-order chi connectivity index (χ0) is 29.0. The van der Waals surface area contributed by atoms with Gasteiger partial charge >= 0.3 is 224 Å². The van der Waals surface area contributed by atoms with Gasteiger partial charge in [0.2, 0.25) is 0 Å². The molecule has 0 aromatic heterocycles. The first-order valence-corrected chi connectivity index (χ1v) is 16.5. The Bertz CT molecular complexity index is 1270. The van der Waals surface area contributed by atoms with Crippen molar-refractivity contribution in [2.75, 3.05) is 13.2 Å². The van der Waals surface area contributed by atoms with E-state index < -0.39 is 44.2 Å². The van der Waals surface area contributed by atoms with Gasteiger partial charge in [-0.05, 0) is 6.92 Å². The summed E-state index contributed by atoms with van der Waals surface area (Å²) in [5, 5.41) is 0. The van der Waals surface area contributed by atoms with Gasteiger partial charge in [0, 0.05) is 5.57 Å². The first-order chi connectivity index (χ1) is 19.7. The zero-order valence-corrected chi connectivity index (χ0v) is 25.0. The van der Waals surface area contributed by atoms with E-state index in [-0.39, 0.29) is 36.1 Å². The van der Waals surface area contributed by atoms with Crippen molar-refractivity contribution in [3.05, 3.63) is 75.9 Å². The van der Waals surface area contributed by atoms with Gasteiger partial charge in [0.15, 0.2) is 0 Å². The fraction of sp³-hybridized carbons (Fsp3) is 0.419. The Hall–Kier alpha value is -3.41. The Kier molecular flexibility index (Phi) is 8.96. The Morgan fingerprint density at radius 3 is 2.00 bits per heavy atom. The third-order valence-corrected chi connectivity index (χ3v) is 11.1. The minimum atomic E-state index is -3.17. The monoisotopic (exact) mass is 676 g/mol. The van der Waals surface area contributed by atoms with Crippen LogP contribution in [-0.4, -0.2) is 37.3 Å². The molecule has 41 heavy (non-hydrogen) atoms. The maximum absolute atomic E-state index is 13.5. The number of esters is 2. The van der Waals surface area contributed by atoms with E-state index in [0.29, 0.717) is 21.3 Å². The molecule has 4 aliphatic carbocycles. The van der Waals surface area contributed by atoms with Gasteiger partial charge in [-0.2, -0.15) is 0 Å². The summed E-state index contributed by atoms with van der Waals surface area (Å²) in [6.07, 6.45) is 5.21. The molecular formula is C31H33IO9. The van der Waals surface area contributed by atoms with Crippen LogP contribution in [0.5, 0.6) is 5.75 Å². The fourth-order valence-corrected chi connectivity index (χ4v) is 9.29. The van der Waals surface area contributed by atoms with Gasteiger partial charge in [-0.1, -0.05) is 6.58 Å². The zero-order valence-electron chi connectivity index (χ0n) is 22.8. The first kappa shape index (κ1) is 29.1. The molecule has 0 saturated heterocycles. The van der Waals surface area contributed by atoms with Crippen molar-refractivity contribution in [1.82, 2.24) is 0 Å². The molecule has 0 N–H and O–H groups in total. The van der Waals surface area contributed by atoms with Crippen LogP contribution in [0, 0.1) is 26.7 Å². The average Bonchev–Trinajstić information content (AvgIpc) is 2.95. The summed E-state index contributed by atoms with van der Waals surface area (Å²) in [7, 11) is 0. The molecule has 2 aromatic rings. The molecule has 6 rings (SSSR count). The van der Waals surface area contributed by atoms with Crippen LogP contribution >= 0.6 is 20.6 Å². The van der Waals surface area contributed by atoms with E-state index in [1.807, 2.05) is 18.2 Å². The first-order valence-electron chi connectivity index (χ1n) is 13.7. The van der Waals surface area contributed by atoms with Gasteiger partial charge in [-0.15, -0.1) is 0 Å². The van der Waals surface area contributed by atoms with Crippen LogP contribution in [0.15, 0.2) is 66.7 Å². The molecule has 218 valence electrons. The number of rotatable bonds is 10. The van der Waals surface area contributed by atoms with Crippen LogP contribution < -0.4 is 4.74 Å². The van der Waals surface area contributed by atoms with Crippen molar-refractivity contribution in [2.24, 2.45) is 23.2 Å². The van der Waals surface area contributed by atoms with E-state index in [4.69, 9.17) is 20.3 Å². The number of hydrogen-bond donors (Lipinski definition) is 0. The second-order valence-corrected chi connectivity index (χ2v) is 14.4. The van der Waals surface area contributed by atoms with E-state index in [0.717, 1.165) is 19.3 Å². The topological polar surface area (TPSA) is 114 Å². The van der Waals surface area contributed by atoms with E-state index in [2.05, 4.69) is 6.58 Å². The van der Waals surface area contributed by atoms with Gasteiger partial charge in [-0.3, -0.25) is 0 Å².